The molecule has 17 heavy (non-hydrogen) atoms. The molecule has 1 heterocycles. The normalized spacial score (nSPS) is 24.2. The van der Waals surface area contributed by atoms with E-state index >= 15 is 0 Å². The van der Waals surface area contributed by atoms with Crippen LogP contribution in [0.5, 0.6) is 0 Å². The summed E-state index contributed by atoms with van der Waals surface area (Å²) >= 11 is 1.97. The summed E-state index contributed by atoms with van der Waals surface area (Å²) < 4.78 is 26.3. The monoisotopic (exact) mass is 257 g/mol. The van der Waals surface area contributed by atoms with Crippen molar-refractivity contribution in [2.75, 3.05) is 12.3 Å². The van der Waals surface area contributed by atoms with E-state index in [1.54, 1.807) is 0 Å². The Bertz CT molecular complexity index is 389. The van der Waals surface area contributed by atoms with Crippen LogP contribution in [0.3, 0.4) is 0 Å². The largest absolute Gasteiger partial charge is 0.311 e. The maximum absolute atomic E-state index is 13.4. The summed E-state index contributed by atoms with van der Waals surface area (Å²) in [4.78, 5) is 0. The van der Waals surface area contributed by atoms with Gasteiger partial charge in [0.1, 0.15) is 11.6 Å². The van der Waals surface area contributed by atoms with Gasteiger partial charge < -0.3 is 5.32 Å². The van der Waals surface area contributed by atoms with Gasteiger partial charge in [-0.3, -0.25) is 0 Å². The number of thioether (sulfide) groups is 1. The minimum absolute atomic E-state index is 0.274. The van der Waals surface area contributed by atoms with E-state index in [9.17, 15) is 8.78 Å². The summed E-state index contributed by atoms with van der Waals surface area (Å²) in [6.45, 7) is 3.56. The molecule has 0 spiro atoms. The Kier molecular flexibility index (Phi) is 4.05. The smallest absolute Gasteiger partial charge is 0.130 e. The van der Waals surface area contributed by atoms with Crippen LogP contribution in [0.15, 0.2) is 18.2 Å². The van der Waals surface area contributed by atoms with Crippen molar-refractivity contribution < 1.29 is 8.78 Å². The highest BCUT2D eigenvalue weighted by Gasteiger charge is 2.28. The van der Waals surface area contributed by atoms with Crippen LogP contribution in [0.4, 0.5) is 8.78 Å². The molecule has 0 radical (unpaired) electrons. The zero-order chi connectivity index (χ0) is 12.3. The summed E-state index contributed by atoms with van der Waals surface area (Å²) in [6, 6.07) is 3.73. The first-order valence-corrected chi connectivity index (χ1v) is 6.86. The molecule has 1 aliphatic rings. The van der Waals surface area contributed by atoms with Gasteiger partial charge >= 0.3 is 0 Å². The molecule has 1 aromatic rings. The van der Waals surface area contributed by atoms with Gasteiger partial charge in [-0.2, -0.15) is 11.8 Å². The van der Waals surface area contributed by atoms with Crippen molar-refractivity contribution in [3.05, 3.63) is 35.4 Å². The van der Waals surface area contributed by atoms with Crippen molar-refractivity contribution >= 4 is 11.8 Å². The predicted octanol–water partition coefficient (Wildman–Crippen LogP) is 3.34. The Morgan fingerprint density at radius 3 is 2.88 bits per heavy atom. The molecule has 4 heteroatoms. The minimum atomic E-state index is -0.524. The van der Waals surface area contributed by atoms with Gasteiger partial charge in [-0.1, -0.05) is 6.07 Å². The quantitative estimate of drug-likeness (QED) is 0.888. The summed E-state index contributed by atoms with van der Waals surface area (Å²) in [5.41, 5.74) is 0.526. The number of hydrogen-bond acceptors (Lipinski definition) is 2. The highest BCUT2D eigenvalue weighted by molar-refractivity contribution is 8.00. The molecule has 1 unspecified atom stereocenters. The van der Waals surface area contributed by atoms with Crippen LogP contribution in [0, 0.1) is 11.6 Å². The second kappa shape index (κ2) is 5.36. The summed E-state index contributed by atoms with van der Waals surface area (Å²) in [5, 5.41) is 3.26. The third-order valence-electron chi connectivity index (χ3n) is 3.13. The van der Waals surface area contributed by atoms with E-state index in [1.165, 1.54) is 30.7 Å². The second-order valence-electron chi connectivity index (χ2n) is 4.74. The van der Waals surface area contributed by atoms with Gasteiger partial charge in [0, 0.05) is 29.5 Å². The van der Waals surface area contributed by atoms with Crippen LogP contribution in [0.25, 0.3) is 0 Å². The number of rotatable bonds is 4. The minimum Gasteiger partial charge on any atom is -0.311 e. The number of halogens is 2. The number of benzene rings is 1. The third kappa shape index (κ3) is 3.42. The first-order valence-electron chi connectivity index (χ1n) is 5.88. The van der Waals surface area contributed by atoms with Crippen molar-refractivity contribution in [3.63, 3.8) is 0 Å². The molecule has 1 aliphatic heterocycles. The van der Waals surface area contributed by atoms with Crippen LogP contribution in [0.1, 0.15) is 25.3 Å². The second-order valence-corrected chi connectivity index (χ2v) is 6.42. The highest BCUT2D eigenvalue weighted by atomic mass is 32.2. The zero-order valence-corrected chi connectivity index (χ0v) is 10.7. The molecule has 0 aliphatic carbocycles. The molecule has 0 saturated carbocycles. The van der Waals surface area contributed by atoms with Gasteiger partial charge in [-0.15, -0.1) is 0 Å². The molecule has 1 nitrogen and oxygen atoms in total. The number of hydrogen-bond donors (Lipinski definition) is 1. The Hall–Kier alpha value is -0.610. The van der Waals surface area contributed by atoms with E-state index in [2.05, 4.69) is 12.2 Å². The molecule has 0 aromatic heterocycles. The molecule has 1 aromatic carbocycles. The van der Waals surface area contributed by atoms with Gasteiger partial charge in [0.05, 0.1) is 0 Å². The maximum Gasteiger partial charge on any atom is 0.130 e. The van der Waals surface area contributed by atoms with Gasteiger partial charge in [-0.25, -0.2) is 8.78 Å². The lowest BCUT2D eigenvalue weighted by Crippen LogP contribution is -2.32. The molecule has 1 saturated heterocycles. The average molecular weight is 257 g/mol. The fraction of sp³-hybridized carbons (Fsp3) is 0.538. The fourth-order valence-electron chi connectivity index (χ4n) is 2.10. The van der Waals surface area contributed by atoms with Gasteiger partial charge in [0.15, 0.2) is 0 Å². The molecule has 1 fully saturated rings. The molecule has 0 bridgehead atoms. The third-order valence-corrected chi connectivity index (χ3v) is 4.67. The summed E-state index contributed by atoms with van der Waals surface area (Å²) in [6.07, 6.45) is 2.46. The SMILES string of the molecule is CC1(CNCc2ccc(F)cc2F)CCCS1. The zero-order valence-electron chi connectivity index (χ0n) is 9.93. The van der Waals surface area contributed by atoms with E-state index in [0.29, 0.717) is 12.1 Å². The summed E-state index contributed by atoms with van der Waals surface area (Å²) in [7, 11) is 0. The van der Waals surface area contributed by atoms with Crippen LogP contribution in [-0.2, 0) is 6.54 Å². The molecule has 1 N–H and O–H groups in total. The van der Waals surface area contributed by atoms with Crippen molar-refractivity contribution in [3.8, 4) is 0 Å². The van der Waals surface area contributed by atoms with E-state index in [1.807, 2.05) is 11.8 Å². The van der Waals surface area contributed by atoms with Crippen molar-refractivity contribution in [2.45, 2.75) is 31.1 Å². The fourth-order valence-corrected chi connectivity index (χ4v) is 3.38. The predicted molar refractivity (Wildman–Crippen MR) is 68.2 cm³/mol. The topological polar surface area (TPSA) is 12.0 Å². The van der Waals surface area contributed by atoms with Crippen molar-refractivity contribution in [2.24, 2.45) is 0 Å². The van der Waals surface area contributed by atoms with Crippen molar-refractivity contribution in [1.29, 1.82) is 0 Å². The molecular formula is C13H17F2NS. The van der Waals surface area contributed by atoms with Crippen LogP contribution in [-0.4, -0.2) is 17.0 Å². The molecular weight excluding hydrogens is 240 g/mol. The molecule has 1 atom stereocenters. The first kappa shape index (κ1) is 12.8. The first-order chi connectivity index (χ1) is 8.09. The van der Waals surface area contributed by atoms with Crippen LogP contribution >= 0.6 is 11.8 Å². The average Bonchev–Trinajstić information content (AvgIpc) is 2.69. The Morgan fingerprint density at radius 2 is 2.24 bits per heavy atom. The Morgan fingerprint density at radius 1 is 1.41 bits per heavy atom. The van der Waals surface area contributed by atoms with Crippen LogP contribution in [0.2, 0.25) is 0 Å². The van der Waals surface area contributed by atoms with Gasteiger partial charge in [0.25, 0.3) is 0 Å². The van der Waals surface area contributed by atoms with Gasteiger partial charge in [0.2, 0.25) is 0 Å². The lowest BCUT2D eigenvalue weighted by molar-refractivity contribution is 0.520. The van der Waals surface area contributed by atoms with E-state index < -0.39 is 11.6 Å². The number of nitrogens with one attached hydrogen (secondary N) is 1. The lowest BCUT2D eigenvalue weighted by Gasteiger charge is -2.23. The Balaban J connectivity index is 1.85. The van der Waals surface area contributed by atoms with E-state index in [-0.39, 0.29) is 4.75 Å². The Labute approximate surface area is 105 Å². The standard InChI is InChI=1S/C13H17F2NS/c1-13(5-2-6-17-13)9-16-8-10-3-4-11(14)7-12(10)15/h3-4,7,16H,2,5-6,8-9H2,1H3. The molecule has 94 valence electrons. The van der Waals surface area contributed by atoms with Crippen LogP contribution < -0.4 is 5.32 Å². The summed E-state index contributed by atoms with van der Waals surface area (Å²) in [5.74, 6) is 0.217. The van der Waals surface area contributed by atoms with E-state index in [4.69, 9.17) is 0 Å². The van der Waals surface area contributed by atoms with E-state index in [0.717, 1.165) is 12.6 Å². The van der Waals surface area contributed by atoms with Gasteiger partial charge in [-0.05, 0) is 31.6 Å². The molecule has 2 rings (SSSR count). The molecule has 0 amide bonds. The highest BCUT2D eigenvalue weighted by Crippen LogP contribution is 2.36. The van der Waals surface area contributed by atoms with Crippen molar-refractivity contribution in [1.82, 2.24) is 5.32 Å². The lowest BCUT2D eigenvalue weighted by atomic mass is 10.1. The maximum atomic E-state index is 13.4.